The van der Waals surface area contributed by atoms with Gasteiger partial charge in [0.2, 0.25) is 0 Å². The largest absolute Gasteiger partial charge is 0.457 e. The third-order valence-corrected chi connectivity index (χ3v) is 8.85. The van der Waals surface area contributed by atoms with Crippen LogP contribution in [-0.4, -0.2) is 40.2 Å². The van der Waals surface area contributed by atoms with Gasteiger partial charge in [0.15, 0.2) is 18.2 Å². The summed E-state index contributed by atoms with van der Waals surface area (Å²) in [6.07, 6.45) is 8.78. The standard InChI is InChI=1S/C23H27ClO5/c1-13(25)29-12-19(27)18-7-6-16-17-5-4-14-10-15(26)8-9-22(14,3)23(17,24)20(28)11-21(16,18)2/h7-10,16-17,20,28H,4-6,11-12H2,1-3H3/t16?,17?,20-,21-,22-,23-/m0/s1. The van der Waals surface area contributed by atoms with Crippen LogP contribution in [0.1, 0.15) is 46.5 Å². The second-order valence-corrected chi connectivity index (χ2v) is 9.95. The quantitative estimate of drug-likeness (QED) is 0.561. The van der Waals surface area contributed by atoms with Gasteiger partial charge in [-0.3, -0.25) is 14.4 Å². The molecule has 0 aliphatic heterocycles. The molecule has 4 aliphatic carbocycles. The Morgan fingerprint density at radius 3 is 2.72 bits per heavy atom. The van der Waals surface area contributed by atoms with Crippen LogP contribution < -0.4 is 0 Å². The van der Waals surface area contributed by atoms with E-state index in [0.29, 0.717) is 18.4 Å². The van der Waals surface area contributed by atoms with Crippen molar-refractivity contribution in [3.05, 3.63) is 35.5 Å². The lowest BCUT2D eigenvalue weighted by Crippen LogP contribution is -2.65. The number of carbonyl (C=O) groups excluding carboxylic acids is 3. The predicted molar refractivity (Wildman–Crippen MR) is 108 cm³/mol. The van der Waals surface area contributed by atoms with E-state index in [2.05, 4.69) is 0 Å². The van der Waals surface area contributed by atoms with E-state index in [9.17, 15) is 19.5 Å². The molecule has 1 N–H and O–H groups in total. The Morgan fingerprint density at radius 1 is 1.31 bits per heavy atom. The highest BCUT2D eigenvalue weighted by Crippen LogP contribution is 2.68. The zero-order valence-electron chi connectivity index (χ0n) is 17.0. The fraction of sp³-hybridized carbons (Fsp3) is 0.609. The molecule has 156 valence electrons. The summed E-state index contributed by atoms with van der Waals surface area (Å²) in [7, 11) is 0. The molecular formula is C23H27ClO5. The Morgan fingerprint density at radius 2 is 2.03 bits per heavy atom. The number of ether oxygens (including phenoxy) is 1. The SMILES string of the molecule is CC(=O)OCC(=O)C1=CCC2C3CCC4=CC(=O)C=C[C@]4(C)[C@@]3(Cl)[C@@H](O)C[C@]12C. The number of halogens is 1. The number of alkyl halides is 1. The van der Waals surface area contributed by atoms with E-state index in [1.807, 2.05) is 26.0 Å². The molecule has 0 saturated heterocycles. The summed E-state index contributed by atoms with van der Waals surface area (Å²) in [4.78, 5) is 34.9. The van der Waals surface area contributed by atoms with Gasteiger partial charge in [0, 0.05) is 23.3 Å². The Labute approximate surface area is 175 Å². The van der Waals surface area contributed by atoms with E-state index in [1.54, 1.807) is 12.2 Å². The summed E-state index contributed by atoms with van der Waals surface area (Å²) in [5.74, 6) is -0.616. The minimum absolute atomic E-state index is 0.00630. The highest BCUT2D eigenvalue weighted by Gasteiger charge is 2.68. The zero-order valence-corrected chi connectivity index (χ0v) is 17.8. The minimum atomic E-state index is -0.930. The minimum Gasteiger partial charge on any atom is -0.457 e. The first-order valence-electron chi connectivity index (χ1n) is 10.2. The molecule has 4 aliphatic rings. The molecule has 29 heavy (non-hydrogen) atoms. The molecule has 6 heteroatoms. The average Bonchev–Trinajstić information content (AvgIpc) is 2.98. The number of fused-ring (bicyclic) bond motifs is 5. The molecule has 2 saturated carbocycles. The fourth-order valence-corrected chi connectivity index (χ4v) is 6.98. The van der Waals surface area contributed by atoms with Crippen molar-refractivity contribution in [2.24, 2.45) is 22.7 Å². The molecule has 0 aromatic carbocycles. The maximum absolute atomic E-state index is 12.8. The van der Waals surface area contributed by atoms with E-state index >= 15 is 0 Å². The smallest absolute Gasteiger partial charge is 0.303 e. The van der Waals surface area contributed by atoms with Crippen LogP contribution in [0.3, 0.4) is 0 Å². The van der Waals surface area contributed by atoms with Crippen molar-refractivity contribution in [3.63, 3.8) is 0 Å². The van der Waals surface area contributed by atoms with Crippen LogP contribution in [-0.2, 0) is 19.1 Å². The molecule has 6 atom stereocenters. The third-order valence-electron chi connectivity index (χ3n) is 7.93. The van der Waals surface area contributed by atoms with Gasteiger partial charge in [0.25, 0.3) is 0 Å². The number of hydrogen-bond donors (Lipinski definition) is 1. The predicted octanol–water partition coefficient (Wildman–Crippen LogP) is 3.30. The summed E-state index contributed by atoms with van der Waals surface area (Å²) in [6, 6.07) is 0. The van der Waals surface area contributed by atoms with Crippen LogP contribution in [0, 0.1) is 22.7 Å². The molecule has 0 bridgehead atoms. The molecule has 0 radical (unpaired) electrons. The normalized spacial score (nSPS) is 42.9. The lowest BCUT2D eigenvalue weighted by molar-refractivity contribution is -0.145. The van der Waals surface area contributed by atoms with Crippen LogP contribution in [0.15, 0.2) is 35.5 Å². The molecular weight excluding hydrogens is 392 g/mol. The number of allylic oxidation sites excluding steroid dienone is 5. The van der Waals surface area contributed by atoms with Crippen molar-refractivity contribution < 1.29 is 24.2 Å². The van der Waals surface area contributed by atoms with Gasteiger partial charge < -0.3 is 9.84 Å². The maximum atomic E-state index is 12.8. The first-order chi connectivity index (χ1) is 13.5. The highest BCUT2D eigenvalue weighted by atomic mass is 35.5. The zero-order chi connectivity index (χ0) is 21.2. The van der Waals surface area contributed by atoms with Gasteiger partial charge >= 0.3 is 5.97 Å². The van der Waals surface area contributed by atoms with E-state index in [-0.39, 0.29) is 30.0 Å². The first-order valence-corrected chi connectivity index (χ1v) is 10.6. The van der Waals surface area contributed by atoms with Crippen LogP contribution in [0.2, 0.25) is 0 Å². The van der Waals surface area contributed by atoms with Gasteiger partial charge in [0.1, 0.15) is 0 Å². The van der Waals surface area contributed by atoms with Gasteiger partial charge in [-0.2, -0.15) is 0 Å². The van der Waals surface area contributed by atoms with Crippen LogP contribution in [0.25, 0.3) is 0 Å². The molecule has 0 amide bonds. The second-order valence-electron chi connectivity index (χ2n) is 9.32. The number of ketones is 2. The second kappa shape index (κ2) is 6.64. The number of rotatable bonds is 3. The van der Waals surface area contributed by atoms with Gasteiger partial charge in [-0.25, -0.2) is 0 Å². The summed E-state index contributed by atoms with van der Waals surface area (Å²) >= 11 is 7.32. The Hall–Kier alpha value is -1.72. The molecule has 4 rings (SSSR count). The van der Waals surface area contributed by atoms with Crippen molar-refractivity contribution in [3.8, 4) is 0 Å². The van der Waals surface area contributed by atoms with Crippen LogP contribution >= 0.6 is 11.6 Å². The molecule has 0 aromatic rings. The average molecular weight is 419 g/mol. The lowest BCUT2D eigenvalue weighted by atomic mass is 9.46. The number of hydrogen-bond acceptors (Lipinski definition) is 5. The molecule has 0 aromatic heterocycles. The van der Waals surface area contributed by atoms with Crippen molar-refractivity contribution in [1.29, 1.82) is 0 Å². The maximum Gasteiger partial charge on any atom is 0.303 e. The summed E-state index contributed by atoms with van der Waals surface area (Å²) in [5.41, 5.74) is 0.514. The monoisotopic (exact) mass is 418 g/mol. The Kier molecular flexibility index (Phi) is 4.71. The molecule has 2 fully saturated rings. The van der Waals surface area contributed by atoms with E-state index in [1.165, 1.54) is 6.92 Å². The van der Waals surface area contributed by atoms with Gasteiger partial charge in [0.05, 0.1) is 11.0 Å². The topological polar surface area (TPSA) is 80.7 Å². The summed E-state index contributed by atoms with van der Waals surface area (Å²) in [6.45, 7) is 5.05. The molecule has 0 heterocycles. The lowest BCUT2D eigenvalue weighted by Gasteiger charge is -2.63. The highest BCUT2D eigenvalue weighted by molar-refractivity contribution is 6.26. The number of esters is 1. The van der Waals surface area contributed by atoms with Crippen molar-refractivity contribution >= 4 is 29.1 Å². The van der Waals surface area contributed by atoms with Crippen LogP contribution in [0.4, 0.5) is 0 Å². The Bertz CT molecular complexity index is 886. The third kappa shape index (κ3) is 2.73. The molecule has 0 spiro atoms. The molecule has 5 nitrogen and oxygen atoms in total. The van der Waals surface area contributed by atoms with Gasteiger partial charge in [-0.05, 0) is 49.7 Å². The first kappa shape index (κ1) is 20.5. The summed E-state index contributed by atoms with van der Waals surface area (Å²) < 4.78 is 4.92. The molecule has 2 unspecified atom stereocenters. The van der Waals surface area contributed by atoms with E-state index in [0.717, 1.165) is 18.4 Å². The number of Topliss-reactive ketones (excluding diaryl/α,β-unsaturated/α-hetero) is 1. The van der Waals surface area contributed by atoms with Gasteiger partial charge in [-0.1, -0.05) is 31.6 Å². The van der Waals surface area contributed by atoms with Gasteiger partial charge in [-0.15, -0.1) is 11.6 Å². The Balaban J connectivity index is 1.68. The van der Waals surface area contributed by atoms with Crippen molar-refractivity contribution in [2.75, 3.05) is 6.61 Å². The van der Waals surface area contributed by atoms with Crippen LogP contribution in [0.5, 0.6) is 0 Å². The number of carbonyl (C=O) groups is 3. The van der Waals surface area contributed by atoms with E-state index in [4.69, 9.17) is 16.3 Å². The fourth-order valence-electron chi connectivity index (χ4n) is 6.46. The van der Waals surface area contributed by atoms with Crippen molar-refractivity contribution in [1.82, 2.24) is 0 Å². The van der Waals surface area contributed by atoms with E-state index < -0.39 is 27.8 Å². The van der Waals surface area contributed by atoms with Crippen molar-refractivity contribution in [2.45, 2.75) is 57.4 Å². The summed E-state index contributed by atoms with van der Waals surface area (Å²) in [5, 5.41) is 11.4. The number of aliphatic hydroxyl groups excluding tert-OH is 1. The number of aliphatic hydroxyl groups is 1.